The molecule has 21 heavy (non-hydrogen) atoms. The van der Waals surface area contributed by atoms with Gasteiger partial charge in [-0.05, 0) is 50.9 Å². The number of anilines is 1. The fraction of sp³-hybridized carbons (Fsp3) is 0.692. The molecule has 8 heteroatoms. The van der Waals surface area contributed by atoms with E-state index in [0.29, 0.717) is 17.6 Å². The van der Waals surface area contributed by atoms with E-state index in [0.717, 1.165) is 32.6 Å². The van der Waals surface area contributed by atoms with Gasteiger partial charge in [0.1, 0.15) is 5.69 Å². The van der Waals surface area contributed by atoms with Crippen LogP contribution < -0.4 is 4.90 Å². The van der Waals surface area contributed by atoms with Crippen molar-refractivity contribution >= 4 is 23.1 Å². The lowest BCUT2D eigenvalue weighted by Gasteiger charge is -2.24. The normalized spacial score (nSPS) is 23.0. The highest BCUT2D eigenvalue weighted by Gasteiger charge is 2.34. The van der Waals surface area contributed by atoms with Gasteiger partial charge in [0.05, 0.1) is 4.92 Å². The SMILES string of the molecule is Cc1nc(Cl)nc(N2CCC(N3CCCC3)C2)c1[N+](=O)[O-]. The van der Waals surface area contributed by atoms with E-state index < -0.39 is 4.92 Å². The average Bonchev–Trinajstić information content (AvgIpc) is 3.08. The van der Waals surface area contributed by atoms with E-state index in [1.54, 1.807) is 6.92 Å². The fourth-order valence-electron chi connectivity index (χ4n) is 3.29. The van der Waals surface area contributed by atoms with Crippen LogP contribution in [0, 0.1) is 17.0 Å². The van der Waals surface area contributed by atoms with Gasteiger partial charge in [0.25, 0.3) is 0 Å². The molecule has 0 N–H and O–H groups in total. The van der Waals surface area contributed by atoms with Gasteiger partial charge in [0.15, 0.2) is 0 Å². The van der Waals surface area contributed by atoms with Gasteiger partial charge in [0.2, 0.25) is 11.1 Å². The first-order valence-electron chi connectivity index (χ1n) is 7.24. The van der Waals surface area contributed by atoms with Gasteiger partial charge in [-0.25, -0.2) is 4.98 Å². The Morgan fingerprint density at radius 1 is 1.29 bits per heavy atom. The molecule has 0 aliphatic carbocycles. The number of hydrogen-bond acceptors (Lipinski definition) is 6. The molecule has 0 amide bonds. The Morgan fingerprint density at radius 3 is 2.67 bits per heavy atom. The van der Waals surface area contributed by atoms with E-state index in [4.69, 9.17) is 11.6 Å². The first-order valence-corrected chi connectivity index (χ1v) is 7.61. The minimum absolute atomic E-state index is 0.0264. The maximum absolute atomic E-state index is 11.3. The predicted octanol–water partition coefficient (Wildman–Crippen LogP) is 2.02. The summed E-state index contributed by atoms with van der Waals surface area (Å²) in [6, 6.07) is 0.459. The van der Waals surface area contributed by atoms with Crippen LogP contribution >= 0.6 is 11.6 Å². The van der Waals surface area contributed by atoms with Gasteiger partial charge in [-0.3, -0.25) is 15.0 Å². The number of aromatic nitrogens is 2. The predicted molar refractivity (Wildman–Crippen MR) is 79.9 cm³/mol. The molecule has 1 atom stereocenters. The molecule has 0 radical (unpaired) electrons. The summed E-state index contributed by atoms with van der Waals surface area (Å²) >= 11 is 5.89. The average molecular weight is 312 g/mol. The number of nitro groups is 1. The second-order valence-electron chi connectivity index (χ2n) is 5.64. The number of halogens is 1. The number of nitrogens with zero attached hydrogens (tertiary/aromatic N) is 5. The van der Waals surface area contributed by atoms with Gasteiger partial charge < -0.3 is 4.90 Å². The molecule has 1 aromatic heterocycles. The lowest BCUT2D eigenvalue weighted by atomic mass is 10.2. The lowest BCUT2D eigenvalue weighted by Crippen LogP contribution is -2.35. The van der Waals surface area contributed by atoms with Crippen LogP contribution in [0.2, 0.25) is 5.28 Å². The Labute approximate surface area is 128 Å². The highest BCUT2D eigenvalue weighted by atomic mass is 35.5. The zero-order valence-electron chi connectivity index (χ0n) is 12.0. The molecule has 1 aromatic rings. The number of aryl methyl sites for hydroxylation is 1. The third-order valence-corrected chi connectivity index (χ3v) is 4.48. The van der Waals surface area contributed by atoms with Crippen molar-refractivity contribution < 1.29 is 4.92 Å². The number of likely N-dealkylation sites (tertiary alicyclic amines) is 1. The molecule has 2 fully saturated rings. The highest BCUT2D eigenvalue weighted by molar-refractivity contribution is 6.28. The maximum Gasteiger partial charge on any atom is 0.332 e. The molecule has 7 nitrogen and oxygen atoms in total. The molecule has 3 rings (SSSR count). The lowest BCUT2D eigenvalue weighted by molar-refractivity contribution is -0.385. The minimum atomic E-state index is -0.413. The fourth-order valence-corrected chi connectivity index (χ4v) is 3.50. The van der Waals surface area contributed by atoms with Crippen molar-refractivity contribution in [2.24, 2.45) is 0 Å². The molecule has 0 saturated carbocycles. The Hall–Kier alpha value is -1.47. The van der Waals surface area contributed by atoms with Crippen LogP contribution in [0.3, 0.4) is 0 Å². The van der Waals surface area contributed by atoms with Crippen molar-refractivity contribution in [3.63, 3.8) is 0 Å². The van der Waals surface area contributed by atoms with Gasteiger partial charge >= 0.3 is 5.69 Å². The molecule has 2 aliphatic heterocycles. The van der Waals surface area contributed by atoms with E-state index >= 15 is 0 Å². The molecule has 1 unspecified atom stereocenters. The zero-order valence-corrected chi connectivity index (χ0v) is 12.7. The Balaban J connectivity index is 1.85. The second kappa shape index (κ2) is 5.73. The summed E-state index contributed by atoms with van der Waals surface area (Å²) < 4.78 is 0. The summed E-state index contributed by atoms with van der Waals surface area (Å²) in [5.74, 6) is 0.360. The van der Waals surface area contributed by atoms with Crippen molar-refractivity contribution in [1.29, 1.82) is 0 Å². The second-order valence-corrected chi connectivity index (χ2v) is 5.98. The van der Waals surface area contributed by atoms with Crippen LogP contribution in [-0.4, -0.2) is 52.0 Å². The van der Waals surface area contributed by atoms with Crippen LogP contribution in [0.1, 0.15) is 25.0 Å². The van der Waals surface area contributed by atoms with Crippen molar-refractivity contribution in [3.05, 3.63) is 21.1 Å². The van der Waals surface area contributed by atoms with Gasteiger partial charge in [-0.15, -0.1) is 0 Å². The van der Waals surface area contributed by atoms with Crippen molar-refractivity contribution in [2.45, 2.75) is 32.2 Å². The summed E-state index contributed by atoms with van der Waals surface area (Å²) in [6.07, 6.45) is 3.50. The topological polar surface area (TPSA) is 75.4 Å². The van der Waals surface area contributed by atoms with E-state index in [1.165, 1.54) is 12.8 Å². The molecule has 2 aliphatic rings. The van der Waals surface area contributed by atoms with Crippen molar-refractivity contribution in [2.75, 3.05) is 31.1 Å². The van der Waals surface area contributed by atoms with Gasteiger partial charge in [-0.1, -0.05) is 0 Å². The standard InChI is InChI=1S/C13H18ClN5O2/c1-9-11(19(20)21)12(16-13(14)15-9)18-7-4-10(8-18)17-5-2-3-6-17/h10H,2-8H2,1H3. The largest absolute Gasteiger partial charge is 0.349 e. The van der Waals surface area contributed by atoms with E-state index in [9.17, 15) is 10.1 Å². The summed E-state index contributed by atoms with van der Waals surface area (Å²) in [4.78, 5) is 23.3. The van der Waals surface area contributed by atoms with E-state index in [1.807, 2.05) is 4.90 Å². The first-order chi connectivity index (χ1) is 10.1. The molecular weight excluding hydrogens is 294 g/mol. The minimum Gasteiger partial charge on any atom is -0.349 e. The first kappa shape index (κ1) is 14.5. The molecule has 0 bridgehead atoms. The maximum atomic E-state index is 11.3. The highest BCUT2D eigenvalue weighted by Crippen LogP contribution is 2.33. The van der Waals surface area contributed by atoms with Gasteiger partial charge in [-0.2, -0.15) is 4.98 Å². The van der Waals surface area contributed by atoms with Crippen LogP contribution in [0.4, 0.5) is 11.5 Å². The molecule has 114 valence electrons. The Kier molecular flexibility index (Phi) is 3.95. The van der Waals surface area contributed by atoms with Crippen LogP contribution in [0.15, 0.2) is 0 Å². The quantitative estimate of drug-likeness (QED) is 0.483. The van der Waals surface area contributed by atoms with E-state index in [-0.39, 0.29) is 11.0 Å². The molecular formula is C13H18ClN5O2. The third-order valence-electron chi connectivity index (χ3n) is 4.32. The summed E-state index contributed by atoms with van der Waals surface area (Å²) in [5.41, 5.74) is 0.293. The van der Waals surface area contributed by atoms with E-state index in [2.05, 4.69) is 14.9 Å². The third kappa shape index (κ3) is 2.80. The van der Waals surface area contributed by atoms with Crippen LogP contribution in [-0.2, 0) is 0 Å². The number of hydrogen-bond donors (Lipinski definition) is 0. The van der Waals surface area contributed by atoms with Crippen LogP contribution in [0.25, 0.3) is 0 Å². The zero-order chi connectivity index (χ0) is 15.0. The summed E-state index contributed by atoms with van der Waals surface area (Å²) in [7, 11) is 0. The molecule has 2 saturated heterocycles. The van der Waals surface area contributed by atoms with Crippen molar-refractivity contribution in [3.8, 4) is 0 Å². The Bertz CT molecular complexity index is 562. The molecule has 3 heterocycles. The molecule has 0 aromatic carbocycles. The monoisotopic (exact) mass is 311 g/mol. The smallest absolute Gasteiger partial charge is 0.332 e. The van der Waals surface area contributed by atoms with Crippen LogP contribution in [0.5, 0.6) is 0 Å². The molecule has 0 spiro atoms. The van der Waals surface area contributed by atoms with Gasteiger partial charge in [0, 0.05) is 19.1 Å². The van der Waals surface area contributed by atoms with Crippen molar-refractivity contribution in [1.82, 2.24) is 14.9 Å². The summed E-state index contributed by atoms with van der Waals surface area (Å²) in [6.45, 7) is 5.40. The number of rotatable bonds is 3. The Morgan fingerprint density at radius 2 is 2.00 bits per heavy atom. The summed E-state index contributed by atoms with van der Waals surface area (Å²) in [5, 5.41) is 11.4.